The van der Waals surface area contributed by atoms with Gasteiger partial charge in [-0.1, -0.05) is 23.7 Å². The molecule has 0 saturated carbocycles. The first-order valence-corrected chi connectivity index (χ1v) is 12.6. The molecule has 1 atom stereocenters. The summed E-state index contributed by atoms with van der Waals surface area (Å²) in [5, 5.41) is 2.88. The Morgan fingerprint density at radius 1 is 1.22 bits per heavy atom. The number of sulfonamides is 1. The van der Waals surface area contributed by atoms with Crippen molar-refractivity contribution in [1.82, 2.24) is 10.0 Å². The number of hydrogen-bond acceptors (Lipinski definition) is 5. The van der Waals surface area contributed by atoms with Crippen molar-refractivity contribution in [2.75, 3.05) is 19.7 Å². The Morgan fingerprint density at radius 3 is 2.62 bits per heavy atom. The van der Waals surface area contributed by atoms with E-state index in [4.69, 9.17) is 21.1 Å². The van der Waals surface area contributed by atoms with E-state index in [2.05, 4.69) is 10.0 Å². The van der Waals surface area contributed by atoms with E-state index in [-0.39, 0.29) is 40.1 Å². The number of halogens is 1. The second-order valence-corrected chi connectivity index (χ2v) is 10.1. The highest BCUT2D eigenvalue weighted by molar-refractivity contribution is 7.89. The minimum absolute atomic E-state index is 0.0603. The molecule has 2 aromatic carbocycles. The minimum atomic E-state index is -3.86. The van der Waals surface area contributed by atoms with Gasteiger partial charge in [-0.15, -0.1) is 0 Å². The predicted octanol–water partition coefficient (Wildman–Crippen LogP) is 3.56. The summed E-state index contributed by atoms with van der Waals surface area (Å²) in [5.41, 5.74) is 1.28. The molecule has 1 fully saturated rings. The quantitative estimate of drug-likeness (QED) is 0.542. The molecule has 1 heterocycles. The van der Waals surface area contributed by atoms with E-state index >= 15 is 0 Å². The van der Waals surface area contributed by atoms with Crippen LogP contribution in [0.1, 0.15) is 42.6 Å². The maximum Gasteiger partial charge on any atom is 0.251 e. The van der Waals surface area contributed by atoms with Gasteiger partial charge in [-0.25, -0.2) is 13.1 Å². The van der Waals surface area contributed by atoms with Crippen LogP contribution in [0.4, 0.5) is 0 Å². The van der Waals surface area contributed by atoms with Crippen molar-refractivity contribution in [3.05, 3.63) is 58.6 Å². The Morgan fingerprint density at radius 2 is 1.97 bits per heavy atom. The third kappa shape index (κ3) is 6.93. The normalized spacial score (nSPS) is 16.3. The lowest BCUT2D eigenvalue weighted by molar-refractivity contribution is 0.0954. The van der Waals surface area contributed by atoms with Gasteiger partial charge >= 0.3 is 0 Å². The lowest BCUT2D eigenvalue weighted by Crippen LogP contribution is -2.32. The van der Waals surface area contributed by atoms with Crippen LogP contribution in [0.5, 0.6) is 5.75 Å². The van der Waals surface area contributed by atoms with Crippen molar-refractivity contribution >= 4 is 27.5 Å². The summed E-state index contributed by atoms with van der Waals surface area (Å²) in [6.45, 7) is 5.16. The van der Waals surface area contributed by atoms with E-state index in [0.29, 0.717) is 19.6 Å². The zero-order chi connectivity index (χ0) is 23.1. The molecule has 2 N–H and O–H groups in total. The molecular formula is C23H29ClN2O5S. The molecule has 32 heavy (non-hydrogen) atoms. The molecule has 0 spiro atoms. The number of hydrogen-bond donors (Lipinski definition) is 2. The van der Waals surface area contributed by atoms with Crippen molar-refractivity contribution in [3.8, 4) is 5.75 Å². The summed E-state index contributed by atoms with van der Waals surface area (Å²) in [5.74, 6) is 0.438. The molecule has 0 radical (unpaired) electrons. The lowest BCUT2D eigenvalue weighted by Gasteiger charge is -2.13. The Balaban J connectivity index is 1.57. The van der Waals surface area contributed by atoms with Gasteiger partial charge in [0.1, 0.15) is 10.6 Å². The monoisotopic (exact) mass is 480 g/mol. The van der Waals surface area contributed by atoms with Crippen LogP contribution in [0.2, 0.25) is 5.02 Å². The van der Waals surface area contributed by atoms with Gasteiger partial charge in [-0.2, -0.15) is 0 Å². The van der Waals surface area contributed by atoms with Crippen molar-refractivity contribution in [1.29, 1.82) is 0 Å². The molecule has 2 aromatic rings. The molecule has 0 aliphatic carbocycles. The predicted molar refractivity (Wildman–Crippen MR) is 124 cm³/mol. The van der Waals surface area contributed by atoms with Gasteiger partial charge in [-0.05, 0) is 69.0 Å². The summed E-state index contributed by atoms with van der Waals surface area (Å²) in [7, 11) is -3.86. The van der Waals surface area contributed by atoms with Crippen LogP contribution in [-0.2, 0) is 21.2 Å². The van der Waals surface area contributed by atoms with E-state index in [0.717, 1.165) is 24.2 Å². The zero-order valence-corrected chi connectivity index (χ0v) is 19.8. The van der Waals surface area contributed by atoms with Gasteiger partial charge in [0, 0.05) is 25.3 Å². The zero-order valence-electron chi connectivity index (χ0n) is 18.3. The fourth-order valence-electron chi connectivity index (χ4n) is 3.37. The number of ether oxygens (including phenoxy) is 2. The van der Waals surface area contributed by atoms with E-state index in [1.807, 2.05) is 38.1 Å². The summed E-state index contributed by atoms with van der Waals surface area (Å²) in [6.07, 6.45) is 2.33. The topological polar surface area (TPSA) is 93.7 Å². The Bertz CT molecular complexity index is 1020. The van der Waals surface area contributed by atoms with Crippen molar-refractivity contribution < 1.29 is 22.7 Å². The molecule has 1 saturated heterocycles. The highest BCUT2D eigenvalue weighted by atomic mass is 35.5. The van der Waals surface area contributed by atoms with Crippen LogP contribution < -0.4 is 14.8 Å². The number of carbonyl (C=O) groups excluding carboxylic acids is 1. The lowest BCUT2D eigenvalue weighted by atomic mass is 10.1. The van der Waals surface area contributed by atoms with Crippen LogP contribution in [0, 0.1) is 0 Å². The summed E-state index contributed by atoms with van der Waals surface area (Å²) in [6, 6.07) is 11.9. The van der Waals surface area contributed by atoms with Gasteiger partial charge < -0.3 is 14.8 Å². The fourth-order valence-corrected chi connectivity index (χ4v) is 4.96. The van der Waals surface area contributed by atoms with E-state index < -0.39 is 10.0 Å². The Kier molecular flexibility index (Phi) is 8.53. The second kappa shape index (κ2) is 11.1. The number of rotatable bonds is 10. The smallest absolute Gasteiger partial charge is 0.251 e. The largest absolute Gasteiger partial charge is 0.491 e. The number of amides is 1. The average Bonchev–Trinajstić information content (AvgIpc) is 3.27. The molecule has 1 aliphatic heterocycles. The van der Waals surface area contributed by atoms with Crippen LogP contribution in [0.25, 0.3) is 0 Å². The molecule has 174 valence electrons. The van der Waals surface area contributed by atoms with E-state index in [1.54, 1.807) is 0 Å². The molecule has 1 amide bonds. The first-order chi connectivity index (χ1) is 15.2. The molecule has 1 unspecified atom stereocenters. The summed E-state index contributed by atoms with van der Waals surface area (Å²) >= 11 is 6.12. The summed E-state index contributed by atoms with van der Waals surface area (Å²) < 4.78 is 39.0. The summed E-state index contributed by atoms with van der Waals surface area (Å²) in [4.78, 5) is 12.4. The van der Waals surface area contributed by atoms with Gasteiger partial charge in [0.05, 0.1) is 17.2 Å². The average molecular weight is 481 g/mol. The van der Waals surface area contributed by atoms with Crippen molar-refractivity contribution in [2.45, 2.75) is 50.2 Å². The highest BCUT2D eigenvalue weighted by Crippen LogP contribution is 2.23. The van der Waals surface area contributed by atoms with E-state index in [1.165, 1.54) is 18.2 Å². The maximum absolute atomic E-state index is 12.7. The van der Waals surface area contributed by atoms with E-state index in [9.17, 15) is 13.2 Å². The second-order valence-electron chi connectivity index (χ2n) is 7.95. The molecule has 9 heteroatoms. The first kappa shape index (κ1) is 24.5. The van der Waals surface area contributed by atoms with Crippen LogP contribution >= 0.6 is 11.6 Å². The van der Waals surface area contributed by atoms with Gasteiger partial charge in [0.25, 0.3) is 5.91 Å². The molecule has 7 nitrogen and oxygen atoms in total. The molecular weight excluding hydrogens is 452 g/mol. The molecule has 0 aromatic heterocycles. The van der Waals surface area contributed by atoms with Crippen molar-refractivity contribution in [3.63, 3.8) is 0 Å². The van der Waals surface area contributed by atoms with Gasteiger partial charge in [0.15, 0.2) is 0 Å². The third-order valence-electron chi connectivity index (χ3n) is 5.00. The standard InChI is InChI=1S/C23H29ClN2O5S/c1-16(2)31-19-8-5-17(6-9-19)11-12-25-23(27)18-7-10-21(24)22(14-18)32(28,29)26-15-20-4-3-13-30-20/h5-10,14,16,20,26H,3-4,11-13,15H2,1-2H3,(H,25,27). The molecule has 1 aliphatic rings. The minimum Gasteiger partial charge on any atom is -0.491 e. The van der Waals surface area contributed by atoms with Crippen molar-refractivity contribution in [2.24, 2.45) is 0 Å². The number of benzene rings is 2. The highest BCUT2D eigenvalue weighted by Gasteiger charge is 2.23. The maximum atomic E-state index is 12.7. The Labute approximate surface area is 194 Å². The van der Waals surface area contributed by atoms with Gasteiger partial charge in [-0.3, -0.25) is 4.79 Å². The number of nitrogens with one attached hydrogen (secondary N) is 2. The first-order valence-electron chi connectivity index (χ1n) is 10.7. The third-order valence-corrected chi connectivity index (χ3v) is 6.91. The SMILES string of the molecule is CC(C)Oc1ccc(CCNC(=O)c2ccc(Cl)c(S(=O)(=O)NCC3CCCO3)c2)cc1. The molecule has 3 rings (SSSR count). The van der Waals surface area contributed by atoms with Crippen LogP contribution in [0.15, 0.2) is 47.4 Å². The van der Waals surface area contributed by atoms with Crippen LogP contribution in [-0.4, -0.2) is 46.2 Å². The van der Waals surface area contributed by atoms with Gasteiger partial charge in [0.2, 0.25) is 10.0 Å². The fraction of sp³-hybridized carbons (Fsp3) is 0.435. The number of carbonyl (C=O) groups is 1. The molecule has 0 bridgehead atoms. The Hall–Kier alpha value is -2.13. The van der Waals surface area contributed by atoms with Crippen LogP contribution in [0.3, 0.4) is 0 Å².